The van der Waals surface area contributed by atoms with Gasteiger partial charge in [0.1, 0.15) is 5.78 Å². The van der Waals surface area contributed by atoms with Crippen molar-refractivity contribution in [3.8, 4) is 0 Å². The van der Waals surface area contributed by atoms with Crippen molar-refractivity contribution in [2.45, 2.75) is 40.4 Å². The van der Waals surface area contributed by atoms with Crippen LogP contribution in [0.1, 0.15) is 29.5 Å². The highest BCUT2D eigenvalue weighted by Crippen LogP contribution is 2.42. The Kier molecular flexibility index (Phi) is 4.52. The van der Waals surface area contributed by atoms with Gasteiger partial charge in [-0.1, -0.05) is 17.8 Å². The molecule has 0 N–H and O–H groups in total. The third-order valence-electron chi connectivity index (χ3n) is 4.96. The van der Waals surface area contributed by atoms with Crippen molar-refractivity contribution in [2.24, 2.45) is 0 Å². The third-order valence-corrected chi connectivity index (χ3v) is 7.03. The Hall–Kier alpha value is -1.14. The summed E-state index contributed by atoms with van der Waals surface area (Å²) in [7, 11) is 1.80. The Morgan fingerprint density at radius 1 is 1.17 bits per heavy atom. The Morgan fingerprint density at radius 2 is 1.96 bits per heavy atom. The quantitative estimate of drug-likeness (QED) is 0.818. The van der Waals surface area contributed by atoms with E-state index in [2.05, 4.69) is 29.6 Å². The molecule has 0 spiro atoms. The topological polar surface area (TPSA) is 35.5 Å². The number of benzene rings is 1. The lowest BCUT2D eigenvalue weighted by Gasteiger charge is -2.35. The van der Waals surface area contributed by atoms with Gasteiger partial charge in [0.05, 0.1) is 9.81 Å². The number of rotatable bonds is 4. The average molecular weight is 361 g/mol. The number of hydrogen-bond acceptors (Lipinski definition) is 5. The number of carbonyl (C=O) groups is 1. The highest BCUT2D eigenvalue weighted by molar-refractivity contribution is 8.01. The summed E-state index contributed by atoms with van der Waals surface area (Å²) in [5, 5.41) is 2.22. The first-order valence-corrected chi connectivity index (χ1v) is 9.91. The molecule has 4 rings (SSSR count). The fourth-order valence-corrected chi connectivity index (χ4v) is 5.63. The molecule has 0 unspecified atom stereocenters. The summed E-state index contributed by atoms with van der Waals surface area (Å²) >= 11 is 3.53. The zero-order chi connectivity index (χ0) is 16.6. The van der Waals surface area contributed by atoms with Gasteiger partial charge in [0.25, 0.3) is 0 Å². The van der Waals surface area contributed by atoms with Gasteiger partial charge < -0.3 is 9.47 Å². The molecule has 0 amide bonds. The van der Waals surface area contributed by atoms with Crippen LogP contribution in [0.4, 0.5) is 0 Å². The van der Waals surface area contributed by atoms with Gasteiger partial charge in [-0.3, -0.25) is 4.79 Å². The lowest BCUT2D eigenvalue weighted by Crippen LogP contribution is -2.35. The van der Waals surface area contributed by atoms with Crippen LogP contribution in [-0.4, -0.2) is 26.1 Å². The summed E-state index contributed by atoms with van der Waals surface area (Å²) in [6, 6.07) is 8.65. The zero-order valence-corrected chi connectivity index (χ0v) is 15.3. The second-order valence-electron chi connectivity index (χ2n) is 6.39. The van der Waals surface area contributed by atoms with Crippen molar-refractivity contribution in [1.29, 1.82) is 0 Å². The molecule has 0 saturated carbocycles. The second-order valence-corrected chi connectivity index (χ2v) is 8.68. The first-order chi connectivity index (χ1) is 11.7. The number of thiophene rings is 1. The van der Waals surface area contributed by atoms with Gasteiger partial charge in [0.15, 0.2) is 0 Å². The number of Topliss-reactive ketones (excluding diaryl/α,β-unsaturated/α-hetero) is 1. The molecule has 2 aliphatic rings. The molecule has 2 aromatic rings. The molecule has 1 fully saturated rings. The van der Waals surface area contributed by atoms with Gasteiger partial charge in [-0.25, -0.2) is 0 Å². The maximum Gasteiger partial charge on any atom is 0.141 e. The molecule has 1 aliphatic carbocycles. The van der Waals surface area contributed by atoms with Gasteiger partial charge in [-0.15, -0.1) is 11.3 Å². The molecule has 0 bridgehead atoms. The first-order valence-electron chi connectivity index (χ1n) is 8.22. The number of carbonyl (C=O) groups excluding carboxylic acids is 1. The molecule has 1 aromatic heterocycles. The van der Waals surface area contributed by atoms with E-state index in [9.17, 15) is 4.79 Å². The zero-order valence-electron chi connectivity index (χ0n) is 13.7. The van der Waals surface area contributed by atoms with E-state index in [1.807, 2.05) is 0 Å². The van der Waals surface area contributed by atoms with Crippen LogP contribution in [-0.2, 0) is 32.7 Å². The minimum Gasteiger partial charge on any atom is -0.381 e. The van der Waals surface area contributed by atoms with Crippen LogP contribution in [0.15, 0.2) is 38.8 Å². The Balaban J connectivity index is 1.53. The normalized spacial score (nSPS) is 19.5. The van der Waals surface area contributed by atoms with Crippen molar-refractivity contribution in [2.75, 3.05) is 20.3 Å². The average Bonchev–Trinajstić information content (AvgIpc) is 3.21. The molecule has 3 nitrogen and oxygen atoms in total. The van der Waals surface area contributed by atoms with Crippen LogP contribution in [0, 0.1) is 0 Å². The van der Waals surface area contributed by atoms with Crippen LogP contribution >= 0.6 is 23.1 Å². The maximum atomic E-state index is 11.6. The van der Waals surface area contributed by atoms with Gasteiger partial charge in [0.2, 0.25) is 0 Å². The lowest BCUT2D eigenvalue weighted by molar-refractivity contribution is -0.117. The highest BCUT2D eigenvalue weighted by Gasteiger charge is 2.35. The molecule has 1 aliphatic heterocycles. The smallest absolute Gasteiger partial charge is 0.141 e. The molecule has 1 saturated heterocycles. The van der Waals surface area contributed by atoms with Gasteiger partial charge in [-0.05, 0) is 40.3 Å². The maximum absolute atomic E-state index is 11.6. The van der Waals surface area contributed by atoms with Gasteiger partial charge in [-0.2, -0.15) is 0 Å². The molecule has 2 heterocycles. The largest absolute Gasteiger partial charge is 0.381 e. The molecular weight excluding hydrogens is 340 g/mol. The number of ketones is 1. The van der Waals surface area contributed by atoms with Crippen LogP contribution in [0.5, 0.6) is 0 Å². The third kappa shape index (κ3) is 3.06. The van der Waals surface area contributed by atoms with Crippen molar-refractivity contribution in [3.63, 3.8) is 0 Å². The molecule has 1 aromatic carbocycles. The lowest BCUT2D eigenvalue weighted by atomic mass is 9.88. The first kappa shape index (κ1) is 16.3. The molecule has 5 heteroatoms. The summed E-state index contributed by atoms with van der Waals surface area (Å²) in [6.07, 6.45) is 3.00. The summed E-state index contributed by atoms with van der Waals surface area (Å²) in [4.78, 5) is 12.8. The van der Waals surface area contributed by atoms with E-state index in [1.165, 1.54) is 25.8 Å². The van der Waals surface area contributed by atoms with E-state index in [0.717, 1.165) is 26.1 Å². The summed E-state index contributed by atoms with van der Waals surface area (Å²) in [6.45, 7) is 1.51. The SMILES string of the molecule is COC1(c2csc(Sc3ccc4c(c3)CC(=O)C4)c2)CCOCC1. The fraction of sp³-hybridized carbons (Fsp3) is 0.421. The molecule has 0 radical (unpaired) electrons. The van der Waals surface area contributed by atoms with Crippen molar-refractivity contribution in [3.05, 3.63) is 46.3 Å². The minimum atomic E-state index is -0.197. The van der Waals surface area contributed by atoms with Gasteiger partial charge in [0, 0.05) is 50.9 Å². The Labute approximate surface area is 150 Å². The monoisotopic (exact) mass is 360 g/mol. The molecule has 24 heavy (non-hydrogen) atoms. The van der Waals surface area contributed by atoms with E-state index in [0.29, 0.717) is 18.6 Å². The predicted molar refractivity (Wildman–Crippen MR) is 96.0 cm³/mol. The second kappa shape index (κ2) is 6.64. The van der Waals surface area contributed by atoms with Crippen molar-refractivity contribution >= 4 is 28.9 Å². The fourth-order valence-electron chi connectivity index (χ4n) is 3.53. The van der Waals surface area contributed by atoms with Crippen molar-refractivity contribution < 1.29 is 14.3 Å². The molecular formula is C19H20O3S2. The van der Waals surface area contributed by atoms with E-state index in [4.69, 9.17) is 9.47 Å². The number of hydrogen-bond donors (Lipinski definition) is 0. The number of fused-ring (bicyclic) bond motifs is 1. The van der Waals surface area contributed by atoms with E-state index in [1.54, 1.807) is 30.2 Å². The Bertz CT molecular complexity index is 760. The van der Waals surface area contributed by atoms with Crippen LogP contribution < -0.4 is 0 Å². The van der Waals surface area contributed by atoms with Crippen LogP contribution in [0.25, 0.3) is 0 Å². The molecule has 126 valence electrons. The highest BCUT2D eigenvalue weighted by atomic mass is 32.2. The molecule has 0 atom stereocenters. The van der Waals surface area contributed by atoms with E-state index >= 15 is 0 Å². The minimum absolute atomic E-state index is 0.197. The van der Waals surface area contributed by atoms with Crippen LogP contribution in [0.2, 0.25) is 0 Å². The van der Waals surface area contributed by atoms with E-state index in [-0.39, 0.29) is 5.60 Å². The standard InChI is InChI=1S/C19H20O3S2/c1-21-19(4-6-22-7-5-19)15-11-18(23-12-15)24-17-3-2-13-8-16(20)9-14(13)10-17/h2-3,10-12H,4-9H2,1H3. The van der Waals surface area contributed by atoms with Gasteiger partial charge >= 0.3 is 0 Å². The summed E-state index contributed by atoms with van der Waals surface area (Å²) in [5.74, 6) is 0.326. The Morgan fingerprint density at radius 3 is 2.75 bits per heavy atom. The van der Waals surface area contributed by atoms with Crippen molar-refractivity contribution in [1.82, 2.24) is 0 Å². The predicted octanol–water partition coefficient (Wildman–Crippen LogP) is 4.22. The number of methoxy groups -OCH3 is 1. The van der Waals surface area contributed by atoms with E-state index < -0.39 is 0 Å². The summed E-state index contributed by atoms with van der Waals surface area (Å²) in [5.41, 5.74) is 3.45. The number of ether oxygens (including phenoxy) is 2. The summed E-state index contributed by atoms with van der Waals surface area (Å²) < 4.78 is 12.6. The van der Waals surface area contributed by atoms with Crippen LogP contribution in [0.3, 0.4) is 0 Å².